The Morgan fingerprint density at radius 1 is 0.800 bits per heavy atom. The van der Waals surface area contributed by atoms with Crippen molar-refractivity contribution in [2.75, 3.05) is 19.6 Å². The maximum Gasteiger partial charge on any atom is 0.161 e. The third-order valence-electron chi connectivity index (χ3n) is 5.11. The van der Waals surface area contributed by atoms with Crippen LogP contribution < -0.4 is 20.3 Å². The Labute approximate surface area is 175 Å². The van der Waals surface area contributed by atoms with Crippen LogP contribution in [0, 0.1) is 13.8 Å². The predicted molar refractivity (Wildman–Crippen MR) is 120 cm³/mol. The van der Waals surface area contributed by atoms with Crippen LogP contribution in [0.5, 0.6) is 11.5 Å². The highest BCUT2D eigenvalue weighted by Crippen LogP contribution is 2.33. The zero-order valence-corrected chi connectivity index (χ0v) is 17.5. The summed E-state index contributed by atoms with van der Waals surface area (Å²) >= 11 is 0. The van der Waals surface area contributed by atoms with Gasteiger partial charge in [-0.25, -0.2) is 0 Å². The Morgan fingerprint density at radius 3 is 2.27 bits per heavy atom. The molecule has 0 aliphatic carbocycles. The topological polar surface area (TPSA) is 56.0 Å². The second-order valence-corrected chi connectivity index (χ2v) is 7.09. The lowest BCUT2D eigenvalue weighted by atomic mass is 10.1. The van der Waals surface area contributed by atoms with Crippen LogP contribution in [0.15, 0.2) is 76.2 Å². The summed E-state index contributed by atoms with van der Waals surface area (Å²) in [7, 11) is 3.24. The molecular weight excluding hydrogens is 376 g/mol. The first kappa shape index (κ1) is 19.6. The normalized spacial score (nSPS) is 11.5. The molecule has 0 spiro atoms. The first-order valence-corrected chi connectivity index (χ1v) is 9.71. The van der Waals surface area contributed by atoms with Crippen molar-refractivity contribution in [3.8, 4) is 22.8 Å². The van der Waals surface area contributed by atoms with Gasteiger partial charge >= 0.3 is 0 Å². The number of hydrogen-bond acceptors (Lipinski definition) is 5. The first-order valence-electron chi connectivity index (χ1n) is 9.71. The van der Waals surface area contributed by atoms with E-state index in [0.717, 1.165) is 33.1 Å². The molecule has 0 radical (unpaired) electrons. The number of ether oxygens (including phenoxy) is 2. The van der Waals surface area contributed by atoms with Crippen molar-refractivity contribution < 1.29 is 13.9 Å². The predicted octanol–water partition coefficient (Wildman–Crippen LogP) is 5.66. The van der Waals surface area contributed by atoms with Crippen molar-refractivity contribution in [3.63, 3.8) is 0 Å². The van der Waals surface area contributed by atoms with E-state index in [0.29, 0.717) is 17.3 Å². The molecule has 0 atom stereocenters. The summed E-state index contributed by atoms with van der Waals surface area (Å²) in [5, 5.41) is 6.42. The van der Waals surface area contributed by atoms with E-state index < -0.39 is 0 Å². The van der Waals surface area contributed by atoms with E-state index in [2.05, 4.69) is 36.5 Å². The molecule has 0 aliphatic heterocycles. The number of nitrogens with zero attached hydrogens (tertiary/aromatic N) is 1. The van der Waals surface area contributed by atoms with Crippen LogP contribution in [0.4, 0.5) is 5.69 Å². The molecule has 1 aromatic heterocycles. The van der Waals surface area contributed by atoms with Crippen molar-refractivity contribution in [2.24, 2.45) is 5.10 Å². The van der Waals surface area contributed by atoms with Crippen molar-refractivity contribution in [3.05, 3.63) is 83.2 Å². The SMILES string of the molecule is COc1ccc(-c2c/c(=N/Nc3ccccc3)c3cc(C)c(C)cc3o2)cc1OC. The molecule has 0 amide bonds. The van der Waals surface area contributed by atoms with Crippen molar-refractivity contribution in [2.45, 2.75) is 13.8 Å². The van der Waals surface area contributed by atoms with Crippen LogP contribution in [0.2, 0.25) is 0 Å². The molecule has 3 aromatic carbocycles. The molecule has 0 fully saturated rings. The third kappa shape index (κ3) is 3.87. The Hall–Kier alpha value is -3.73. The lowest BCUT2D eigenvalue weighted by Crippen LogP contribution is -2.08. The molecule has 30 heavy (non-hydrogen) atoms. The van der Waals surface area contributed by atoms with E-state index in [1.807, 2.05) is 54.6 Å². The second kappa shape index (κ2) is 8.33. The lowest BCUT2D eigenvalue weighted by molar-refractivity contribution is 0.355. The molecule has 0 aliphatic rings. The van der Waals surface area contributed by atoms with Crippen molar-refractivity contribution >= 4 is 16.7 Å². The number of nitrogens with one attached hydrogen (secondary N) is 1. The van der Waals surface area contributed by atoms with E-state index >= 15 is 0 Å². The van der Waals surface area contributed by atoms with E-state index in [9.17, 15) is 0 Å². The van der Waals surface area contributed by atoms with Crippen LogP contribution in [-0.4, -0.2) is 14.2 Å². The number of fused-ring (bicyclic) bond motifs is 1. The Balaban J connectivity index is 1.90. The van der Waals surface area contributed by atoms with E-state index in [-0.39, 0.29) is 0 Å². The number of hydrogen-bond donors (Lipinski definition) is 1. The lowest BCUT2D eigenvalue weighted by Gasteiger charge is -2.11. The monoisotopic (exact) mass is 400 g/mol. The molecular formula is C25H24N2O3. The summed E-state index contributed by atoms with van der Waals surface area (Å²) < 4.78 is 17.1. The molecule has 5 nitrogen and oxygen atoms in total. The third-order valence-corrected chi connectivity index (χ3v) is 5.11. The van der Waals surface area contributed by atoms with Gasteiger partial charge in [0.15, 0.2) is 11.5 Å². The number of methoxy groups -OCH3 is 2. The number of anilines is 1. The van der Waals surface area contributed by atoms with Gasteiger partial charge in [-0.1, -0.05) is 18.2 Å². The van der Waals surface area contributed by atoms with Gasteiger partial charge < -0.3 is 13.9 Å². The maximum atomic E-state index is 6.27. The summed E-state index contributed by atoms with van der Waals surface area (Å²) in [6.07, 6.45) is 0. The molecule has 0 unspecified atom stereocenters. The van der Waals surface area contributed by atoms with Gasteiger partial charge in [0.2, 0.25) is 0 Å². The maximum absolute atomic E-state index is 6.27. The van der Waals surface area contributed by atoms with Gasteiger partial charge in [-0.3, -0.25) is 5.43 Å². The minimum absolute atomic E-state index is 0.645. The fraction of sp³-hybridized carbons (Fsp3) is 0.160. The van der Waals surface area contributed by atoms with E-state index in [1.165, 1.54) is 5.56 Å². The fourth-order valence-corrected chi connectivity index (χ4v) is 3.29. The second-order valence-electron chi connectivity index (χ2n) is 7.09. The number of rotatable bonds is 5. The smallest absolute Gasteiger partial charge is 0.161 e. The summed E-state index contributed by atoms with van der Waals surface area (Å²) in [4.78, 5) is 0. The van der Waals surface area contributed by atoms with Gasteiger partial charge in [0, 0.05) is 17.0 Å². The molecule has 4 aromatic rings. The van der Waals surface area contributed by atoms with Crippen LogP contribution in [0.3, 0.4) is 0 Å². The number of aryl methyl sites for hydroxylation is 2. The molecule has 5 heteroatoms. The van der Waals surface area contributed by atoms with Gasteiger partial charge in [0.05, 0.1) is 25.3 Å². The van der Waals surface area contributed by atoms with Crippen molar-refractivity contribution in [1.82, 2.24) is 0 Å². The fourth-order valence-electron chi connectivity index (χ4n) is 3.29. The van der Waals surface area contributed by atoms with Gasteiger partial charge in [-0.15, -0.1) is 0 Å². The van der Waals surface area contributed by atoms with E-state index in [1.54, 1.807) is 14.2 Å². The molecule has 1 N–H and O–H groups in total. The number of para-hydroxylation sites is 1. The van der Waals surface area contributed by atoms with Gasteiger partial charge in [-0.2, -0.15) is 5.10 Å². The summed E-state index contributed by atoms with van der Waals surface area (Å²) in [6.45, 7) is 4.16. The largest absolute Gasteiger partial charge is 0.493 e. The first-order chi connectivity index (χ1) is 14.6. The van der Waals surface area contributed by atoms with Gasteiger partial charge in [0.25, 0.3) is 0 Å². The molecule has 0 bridgehead atoms. The van der Waals surface area contributed by atoms with Crippen LogP contribution >= 0.6 is 0 Å². The Kier molecular flexibility index (Phi) is 5.44. The quantitative estimate of drug-likeness (QED) is 0.439. The van der Waals surface area contributed by atoms with E-state index in [4.69, 9.17) is 13.9 Å². The highest BCUT2D eigenvalue weighted by atomic mass is 16.5. The minimum atomic E-state index is 0.645. The zero-order chi connectivity index (χ0) is 21.1. The average Bonchev–Trinajstić information content (AvgIpc) is 2.78. The highest BCUT2D eigenvalue weighted by molar-refractivity contribution is 5.80. The Morgan fingerprint density at radius 2 is 1.53 bits per heavy atom. The summed E-state index contributed by atoms with van der Waals surface area (Å²) in [5.74, 6) is 2.01. The minimum Gasteiger partial charge on any atom is -0.493 e. The molecule has 1 heterocycles. The molecule has 0 saturated carbocycles. The molecule has 0 saturated heterocycles. The molecule has 4 rings (SSSR count). The Bertz CT molecular complexity index is 1260. The highest BCUT2D eigenvalue weighted by Gasteiger charge is 2.11. The van der Waals surface area contributed by atoms with Gasteiger partial charge in [0.1, 0.15) is 11.3 Å². The number of benzene rings is 3. The van der Waals surface area contributed by atoms with Gasteiger partial charge in [-0.05, 0) is 67.4 Å². The van der Waals surface area contributed by atoms with Crippen molar-refractivity contribution in [1.29, 1.82) is 0 Å². The van der Waals surface area contributed by atoms with Crippen LogP contribution in [0.25, 0.3) is 22.3 Å². The zero-order valence-electron chi connectivity index (χ0n) is 17.5. The summed E-state index contributed by atoms with van der Waals surface area (Å²) in [6, 6.07) is 21.7. The van der Waals surface area contributed by atoms with Crippen LogP contribution in [-0.2, 0) is 0 Å². The molecule has 152 valence electrons. The van der Waals surface area contributed by atoms with Crippen LogP contribution in [0.1, 0.15) is 11.1 Å². The standard InChI is InChI=1S/C25H24N2O3/c1-16-12-20-21(27-26-19-8-6-5-7-9-19)15-23(30-24(20)13-17(16)2)18-10-11-22(28-3)25(14-18)29-4/h5-15,26H,1-4H3/b27-21-. The average molecular weight is 400 g/mol. The summed E-state index contributed by atoms with van der Waals surface area (Å²) in [5.41, 5.74) is 8.07.